The van der Waals surface area contributed by atoms with Crippen LogP contribution in [-0.4, -0.2) is 15.5 Å². The summed E-state index contributed by atoms with van der Waals surface area (Å²) in [6, 6.07) is 0. The van der Waals surface area contributed by atoms with E-state index >= 15 is 0 Å². The third-order valence-electron chi connectivity index (χ3n) is 3.38. The second-order valence-corrected chi connectivity index (χ2v) is 4.63. The van der Waals surface area contributed by atoms with Gasteiger partial charge in [0.25, 0.3) is 0 Å². The summed E-state index contributed by atoms with van der Waals surface area (Å²) >= 11 is 0. The molecule has 0 aliphatic rings. The standard InChI is InChI=1S/C12H23N5/c1-6-12(5,7-2)16-10-8(3)11(17-13)15-9(4)14-10/h6-7,13H2,1-5H3,(H2,14,15,16,17). The van der Waals surface area contributed by atoms with E-state index in [1.54, 1.807) is 0 Å². The number of hydrazine groups is 1. The van der Waals surface area contributed by atoms with Crippen LogP contribution in [-0.2, 0) is 0 Å². The van der Waals surface area contributed by atoms with E-state index in [2.05, 4.69) is 41.5 Å². The molecule has 1 heterocycles. The average Bonchev–Trinajstić information content (AvgIpc) is 2.33. The van der Waals surface area contributed by atoms with Gasteiger partial charge in [-0.1, -0.05) is 13.8 Å². The Labute approximate surface area is 103 Å². The Hall–Kier alpha value is -1.36. The third-order valence-corrected chi connectivity index (χ3v) is 3.38. The molecule has 0 spiro atoms. The van der Waals surface area contributed by atoms with Crippen molar-refractivity contribution >= 4 is 11.6 Å². The number of nitrogens with two attached hydrogens (primary N) is 1. The van der Waals surface area contributed by atoms with Crippen LogP contribution in [0.2, 0.25) is 0 Å². The van der Waals surface area contributed by atoms with Crippen molar-refractivity contribution in [2.24, 2.45) is 5.84 Å². The van der Waals surface area contributed by atoms with Crippen molar-refractivity contribution in [3.63, 3.8) is 0 Å². The molecule has 0 aliphatic heterocycles. The number of anilines is 2. The number of aromatic nitrogens is 2. The Morgan fingerprint density at radius 1 is 1.12 bits per heavy atom. The van der Waals surface area contributed by atoms with E-state index in [1.165, 1.54) is 0 Å². The van der Waals surface area contributed by atoms with Crippen LogP contribution in [0.1, 0.15) is 45.0 Å². The first-order valence-electron chi connectivity index (χ1n) is 6.05. The summed E-state index contributed by atoms with van der Waals surface area (Å²) in [5, 5.41) is 3.49. The first-order valence-corrected chi connectivity index (χ1v) is 6.05. The van der Waals surface area contributed by atoms with Crippen LogP contribution in [0.5, 0.6) is 0 Å². The summed E-state index contributed by atoms with van der Waals surface area (Å²) in [6.07, 6.45) is 2.08. The Morgan fingerprint density at radius 2 is 1.65 bits per heavy atom. The smallest absolute Gasteiger partial charge is 0.148 e. The van der Waals surface area contributed by atoms with E-state index in [4.69, 9.17) is 5.84 Å². The number of hydrogen-bond donors (Lipinski definition) is 3. The number of nitrogens with one attached hydrogen (secondary N) is 2. The van der Waals surface area contributed by atoms with E-state index in [0.29, 0.717) is 11.6 Å². The quantitative estimate of drug-likeness (QED) is 0.541. The van der Waals surface area contributed by atoms with Gasteiger partial charge in [0.05, 0.1) is 0 Å². The fraction of sp³-hybridized carbons (Fsp3) is 0.667. The number of rotatable bonds is 5. The van der Waals surface area contributed by atoms with E-state index in [1.807, 2.05) is 13.8 Å². The van der Waals surface area contributed by atoms with Crippen LogP contribution in [0.25, 0.3) is 0 Å². The molecule has 1 aromatic rings. The summed E-state index contributed by atoms with van der Waals surface area (Å²) in [7, 11) is 0. The van der Waals surface area contributed by atoms with Crippen molar-refractivity contribution in [3.05, 3.63) is 11.4 Å². The van der Waals surface area contributed by atoms with Crippen LogP contribution in [0, 0.1) is 13.8 Å². The summed E-state index contributed by atoms with van der Waals surface area (Å²) in [5.41, 5.74) is 3.61. The molecular weight excluding hydrogens is 214 g/mol. The van der Waals surface area contributed by atoms with Crippen molar-refractivity contribution in [2.75, 3.05) is 10.7 Å². The maximum Gasteiger partial charge on any atom is 0.148 e. The van der Waals surface area contributed by atoms with Gasteiger partial charge < -0.3 is 10.7 Å². The van der Waals surface area contributed by atoms with Crippen molar-refractivity contribution in [1.82, 2.24) is 9.97 Å². The highest BCUT2D eigenvalue weighted by Gasteiger charge is 2.21. The van der Waals surface area contributed by atoms with Crippen molar-refractivity contribution in [3.8, 4) is 0 Å². The topological polar surface area (TPSA) is 75.9 Å². The predicted molar refractivity (Wildman–Crippen MR) is 71.9 cm³/mol. The van der Waals surface area contributed by atoms with Crippen molar-refractivity contribution in [1.29, 1.82) is 0 Å². The molecule has 0 saturated carbocycles. The molecular formula is C12H23N5. The van der Waals surface area contributed by atoms with Crippen molar-refractivity contribution < 1.29 is 0 Å². The molecule has 0 unspecified atom stereocenters. The molecule has 4 N–H and O–H groups in total. The molecule has 0 fully saturated rings. The Morgan fingerprint density at radius 3 is 2.12 bits per heavy atom. The molecule has 0 amide bonds. The minimum Gasteiger partial charge on any atom is -0.365 e. The summed E-state index contributed by atoms with van der Waals surface area (Å²) < 4.78 is 0. The van der Waals surface area contributed by atoms with Gasteiger partial charge in [-0.2, -0.15) is 0 Å². The normalized spacial score (nSPS) is 11.4. The monoisotopic (exact) mass is 237 g/mol. The number of aryl methyl sites for hydroxylation is 1. The van der Waals surface area contributed by atoms with E-state index in [-0.39, 0.29) is 5.54 Å². The lowest BCUT2D eigenvalue weighted by Gasteiger charge is -2.30. The highest BCUT2D eigenvalue weighted by Crippen LogP contribution is 2.25. The lowest BCUT2D eigenvalue weighted by Crippen LogP contribution is -2.34. The van der Waals surface area contributed by atoms with Crippen LogP contribution >= 0.6 is 0 Å². The van der Waals surface area contributed by atoms with Gasteiger partial charge in [-0.15, -0.1) is 0 Å². The maximum absolute atomic E-state index is 5.45. The first-order chi connectivity index (χ1) is 7.95. The second-order valence-electron chi connectivity index (χ2n) is 4.63. The first kappa shape index (κ1) is 13.7. The van der Waals surface area contributed by atoms with Gasteiger partial charge in [0.1, 0.15) is 17.5 Å². The maximum atomic E-state index is 5.45. The zero-order chi connectivity index (χ0) is 13.1. The SMILES string of the molecule is CCC(C)(CC)Nc1nc(C)nc(NN)c1C. The number of nitrogens with zero attached hydrogens (tertiary/aromatic N) is 2. The van der Waals surface area contributed by atoms with Gasteiger partial charge in [0.2, 0.25) is 0 Å². The molecule has 5 heteroatoms. The van der Waals surface area contributed by atoms with Crippen LogP contribution in [0.3, 0.4) is 0 Å². The Bertz CT molecular complexity index is 385. The fourth-order valence-corrected chi connectivity index (χ4v) is 1.60. The largest absolute Gasteiger partial charge is 0.365 e. The molecule has 0 saturated heterocycles. The molecule has 1 rings (SSSR count). The van der Waals surface area contributed by atoms with Gasteiger partial charge in [-0.05, 0) is 33.6 Å². The lowest BCUT2D eigenvalue weighted by molar-refractivity contribution is 0.476. The third kappa shape index (κ3) is 3.06. The molecule has 0 atom stereocenters. The molecule has 5 nitrogen and oxygen atoms in total. The Balaban J connectivity index is 3.10. The molecule has 17 heavy (non-hydrogen) atoms. The van der Waals surface area contributed by atoms with Gasteiger partial charge in [0, 0.05) is 11.1 Å². The molecule has 96 valence electrons. The van der Waals surface area contributed by atoms with E-state index < -0.39 is 0 Å². The zero-order valence-corrected chi connectivity index (χ0v) is 11.4. The number of nitrogen functional groups attached to an aromatic ring is 1. The van der Waals surface area contributed by atoms with Crippen LogP contribution in [0.15, 0.2) is 0 Å². The summed E-state index contributed by atoms with van der Waals surface area (Å²) in [4.78, 5) is 8.69. The van der Waals surface area contributed by atoms with Crippen LogP contribution in [0.4, 0.5) is 11.6 Å². The zero-order valence-electron chi connectivity index (χ0n) is 11.4. The highest BCUT2D eigenvalue weighted by molar-refractivity contribution is 5.57. The predicted octanol–water partition coefficient (Wildman–Crippen LogP) is 2.37. The lowest BCUT2D eigenvalue weighted by atomic mass is 9.95. The number of hydrogen-bond acceptors (Lipinski definition) is 5. The minimum atomic E-state index is 0.0530. The minimum absolute atomic E-state index is 0.0530. The molecule has 0 aromatic carbocycles. The van der Waals surface area contributed by atoms with Gasteiger partial charge >= 0.3 is 0 Å². The molecule has 0 aliphatic carbocycles. The van der Waals surface area contributed by atoms with Crippen LogP contribution < -0.4 is 16.6 Å². The molecule has 0 bridgehead atoms. The van der Waals surface area contributed by atoms with Gasteiger partial charge in [-0.3, -0.25) is 0 Å². The highest BCUT2D eigenvalue weighted by atomic mass is 15.3. The van der Waals surface area contributed by atoms with Gasteiger partial charge in [-0.25, -0.2) is 15.8 Å². The average molecular weight is 237 g/mol. The molecule has 1 aromatic heterocycles. The van der Waals surface area contributed by atoms with Gasteiger partial charge in [0.15, 0.2) is 0 Å². The van der Waals surface area contributed by atoms with Crippen molar-refractivity contribution in [2.45, 2.75) is 53.0 Å². The van der Waals surface area contributed by atoms with E-state index in [0.717, 1.165) is 24.2 Å². The fourth-order valence-electron chi connectivity index (χ4n) is 1.60. The molecule has 0 radical (unpaired) electrons. The van der Waals surface area contributed by atoms with E-state index in [9.17, 15) is 0 Å². The summed E-state index contributed by atoms with van der Waals surface area (Å²) in [5.74, 6) is 7.69. The summed E-state index contributed by atoms with van der Waals surface area (Å²) in [6.45, 7) is 10.4. The Kier molecular flexibility index (Phi) is 4.28. The second kappa shape index (κ2) is 5.31.